The lowest BCUT2D eigenvalue weighted by Gasteiger charge is -2.11. The minimum Gasteiger partial charge on any atom is -0.443 e. The molecule has 0 bridgehead atoms. The summed E-state index contributed by atoms with van der Waals surface area (Å²) in [4.78, 5) is 24.6. The summed E-state index contributed by atoms with van der Waals surface area (Å²) in [5, 5.41) is 2.39. The van der Waals surface area contributed by atoms with Crippen molar-refractivity contribution < 1.29 is 27.4 Å². The third kappa shape index (κ3) is 5.03. The van der Waals surface area contributed by atoms with Crippen molar-refractivity contribution in [2.75, 3.05) is 5.32 Å². The van der Waals surface area contributed by atoms with Crippen LogP contribution in [0.4, 0.5) is 23.7 Å². The molecule has 0 radical (unpaired) electrons. The molecule has 1 heterocycles. The fraction of sp³-hybridized carbons (Fsp3) is 0.158. The molecule has 7 nitrogen and oxygen atoms in total. The van der Waals surface area contributed by atoms with Crippen molar-refractivity contribution >= 4 is 27.7 Å². The molecule has 0 saturated heterocycles. The number of hydrogen-bond acceptors (Lipinski definition) is 4. The molecule has 0 unspecified atom stereocenters. The number of carbonyl (C=O) groups excluding carboxylic acids is 1. The number of ether oxygens (including phenoxy) is 2. The Morgan fingerprint density at radius 2 is 1.73 bits per heavy atom. The van der Waals surface area contributed by atoms with E-state index >= 15 is 0 Å². The Kier molecular flexibility index (Phi) is 6.20. The number of anilines is 1. The van der Waals surface area contributed by atoms with Crippen molar-refractivity contribution in [1.82, 2.24) is 9.36 Å². The van der Waals surface area contributed by atoms with Crippen LogP contribution in [0.1, 0.15) is 5.69 Å². The van der Waals surface area contributed by atoms with Crippen LogP contribution in [0.3, 0.4) is 0 Å². The summed E-state index contributed by atoms with van der Waals surface area (Å²) >= 11 is 3.23. The first-order valence-electron chi connectivity index (χ1n) is 8.47. The number of aromatic nitrogens is 2. The topological polar surface area (TPSA) is 74.5 Å². The molecular weight excluding hydrogens is 471 g/mol. The smallest absolute Gasteiger partial charge is 0.443 e. The highest BCUT2D eigenvalue weighted by atomic mass is 79.9. The second-order valence-electron chi connectivity index (χ2n) is 6.01. The van der Waals surface area contributed by atoms with E-state index in [2.05, 4.69) is 26.0 Å². The molecule has 0 aliphatic rings. The van der Waals surface area contributed by atoms with Crippen LogP contribution in [0.5, 0.6) is 5.75 Å². The Balaban J connectivity index is 1.66. The van der Waals surface area contributed by atoms with Gasteiger partial charge in [-0.15, -0.1) is 13.2 Å². The van der Waals surface area contributed by atoms with E-state index in [9.17, 15) is 22.8 Å². The molecule has 3 aromatic rings. The highest BCUT2D eigenvalue weighted by Crippen LogP contribution is 2.24. The summed E-state index contributed by atoms with van der Waals surface area (Å²) in [5.74, 6) is -0.414. The fourth-order valence-corrected chi connectivity index (χ4v) is 3.20. The molecule has 0 fully saturated rings. The van der Waals surface area contributed by atoms with E-state index in [0.29, 0.717) is 11.4 Å². The number of rotatable bonds is 5. The van der Waals surface area contributed by atoms with Crippen LogP contribution in [0.25, 0.3) is 5.69 Å². The molecule has 1 aromatic heterocycles. The van der Waals surface area contributed by atoms with Crippen LogP contribution >= 0.6 is 15.9 Å². The van der Waals surface area contributed by atoms with Gasteiger partial charge in [-0.2, -0.15) is 0 Å². The minimum absolute atomic E-state index is 0.212. The normalized spacial score (nSPS) is 11.2. The predicted molar refractivity (Wildman–Crippen MR) is 106 cm³/mol. The van der Waals surface area contributed by atoms with E-state index in [1.54, 1.807) is 36.0 Å². The monoisotopic (exact) mass is 485 g/mol. The average Bonchev–Trinajstić information content (AvgIpc) is 2.90. The summed E-state index contributed by atoms with van der Waals surface area (Å²) in [7, 11) is 1.65. The number of carbonyl (C=O) groups is 1. The quantitative estimate of drug-likeness (QED) is 0.573. The maximum Gasteiger partial charge on any atom is 0.573 e. The molecule has 0 spiro atoms. The molecule has 0 aliphatic heterocycles. The number of nitrogens with one attached hydrogen (secondary N) is 1. The van der Waals surface area contributed by atoms with Gasteiger partial charge in [0, 0.05) is 12.7 Å². The molecule has 0 saturated carbocycles. The van der Waals surface area contributed by atoms with Crippen LogP contribution in [0.15, 0.2) is 63.9 Å². The number of halogens is 4. The Labute approximate surface area is 176 Å². The van der Waals surface area contributed by atoms with Crippen molar-refractivity contribution in [3.8, 4) is 11.4 Å². The Hall–Kier alpha value is -3.21. The van der Waals surface area contributed by atoms with E-state index in [4.69, 9.17) is 4.74 Å². The predicted octanol–water partition coefficient (Wildman–Crippen LogP) is 4.59. The molecule has 30 heavy (non-hydrogen) atoms. The third-order valence-corrected chi connectivity index (χ3v) is 4.80. The van der Waals surface area contributed by atoms with E-state index in [-0.39, 0.29) is 22.3 Å². The van der Waals surface area contributed by atoms with Crippen LogP contribution in [-0.4, -0.2) is 21.8 Å². The van der Waals surface area contributed by atoms with Gasteiger partial charge in [0.25, 0.3) is 5.56 Å². The molecule has 158 valence electrons. The zero-order chi connectivity index (χ0) is 21.9. The van der Waals surface area contributed by atoms with Gasteiger partial charge >= 0.3 is 12.5 Å². The van der Waals surface area contributed by atoms with Gasteiger partial charge in [-0.1, -0.05) is 18.2 Å². The lowest BCUT2D eigenvalue weighted by molar-refractivity contribution is -0.274. The van der Waals surface area contributed by atoms with Crippen molar-refractivity contribution in [1.29, 1.82) is 0 Å². The Bertz CT molecular complexity index is 1090. The number of hydrogen-bond donors (Lipinski definition) is 1. The van der Waals surface area contributed by atoms with Gasteiger partial charge in [0.2, 0.25) is 0 Å². The summed E-state index contributed by atoms with van der Waals surface area (Å²) in [6, 6.07) is 13.5. The van der Waals surface area contributed by atoms with E-state index < -0.39 is 18.2 Å². The number of alkyl halides is 3. The Morgan fingerprint density at radius 1 is 1.10 bits per heavy atom. The number of nitrogens with zero attached hydrogens (tertiary/aromatic N) is 2. The zero-order valence-electron chi connectivity index (χ0n) is 15.4. The van der Waals surface area contributed by atoms with Gasteiger partial charge in [-0.25, -0.2) is 9.48 Å². The Morgan fingerprint density at radius 3 is 2.33 bits per heavy atom. The first kappa shape index (κ1) is 21.5. The van der Waals surface area contributed by atoms with Crippen LogP contribution in [-0.2, 0) is 18.4 Å². The van der Waals surface area contributed by atoms with Crippen molar-refractivity contribution in [3.05, 3.63) is 75.1 Å². The van der Waals surface area contributed by atoms with E-state index in [1.165, 1.54) is 16.8 Å². The number of para-hydroxylation sites is 1. The molecule has 2 aromatic carbocycles. The molecular formula is C19H15BrF3N3O4. The third-order valence-electron chi connectivity index (χ3n) is 4.00. The maximum atomic E-state index is 12.5. The van der Waals surface area contributed by atoms with E-state index in [1.807, 2.05) is 6.07 Å². The molecule has 0 aliphatic carbocycles. The van der Waals surface area contributed by atoms with Crippen LogP contribution in [0.2, 0.25) is 0 Å². The number of benzene rings is 2. The second-order valence-corrected chi connectivity index (χ2v) is 6.80. The molecule has 11 heteroatoms. The van der Waals surface area contributed by atoms with E-state index in [0.717, 1.165) is 12.1 Å². The van der Waals surface area contributed by atoms with Gasteiger partial charge < -0.3 is 9.47 Å². The standard InChI is InChI=1S/C19H15BrF3N3O4/c1-25-15(16(20)17(27)26(25)13-5-3-2-4-6-13)11-29-18(28)24-12-7-9-14(10-8-12)30-19(21,22)23/h2-10H,11H2,1H3,(H,24,28). The first-order valence-corrected chi connectivity index (χ1v) is 9.26. The second kappa shape index (κ2) is 8.66. The SMILES string of the molecule is Cn1c(COC(=O)Nc2ccc(OC(F)(F)F)cc2)c(Br)c(=O)n1-c1ccccc1. The molecule has 3 rings (SSSR count). The van der Waals surface area contributed by atoms with Gasteiger partial charge in [0.1, 0.15) is 16.8 Å². The van der Waals surface area contributed by atoms with Crippen LogP contribution in [0, 0.1) is 0 Å². The van der Waals surface area contributed by atoms with Crippen molar-refractivity contribution in [3.63, 3.8) is 0 Å². The fourth-order valence-electron chi connectivity index (χ4n) is 2.66. The summed E-state index contributed by atoms with van der Waals surface area (Å²) < 4.78 is 48.6. The minimum atomic E-state index is -4.80. The van der Waals surface area contributed by atoms with Crippen molar-refractivity contribution in [2.24, 2.45) is 7.05 Å². The molecule has 0 atom stereocenters. The summed E-state index contributed by atoms with van der Waals surface area (Å²) in [6.45, 7) is -0.215. The highest BCUT2D eigenvalue weighted by molar-refractivity contribution is 9.10. The lowest BCUT2D eigenvalue weighted by Crippen LogP contribution is -2.20. The van der Waals surface area contributed by atoms with Crippen molar-refractivity contribution in [2.45, 2.75) is 13.0 Å². The average molecular weight is 486 g/mol. The molecule has 1 N–H and O–H groups in total. The molecule has 1 amide bonds. The van der Waals surface area contributed by atoms with Gasteiger partial charge in [-0.3, -0.25) is 14.8 Å². The van der Waals surface area contributed by atoms with Gasteiger partial charge in [0.05, 0.1) is 11.4 Å². The summed E-state index contributed by atoms with van der Waals surface area (Å²) in [5.41, 5.74) is 0.961. The zero-order valence-corrected chi connectivity index (χ0v) is 17.0. The summed E-state index contributed by atoms with van der Waals surface area (Å²) in [6.07, 6.45) is -5.64. The highest BCUT2D eigenvalue weighted by Gasteiger charge is 2.31. The largest absolute Gasteiger partial charge is 0.573 e. The van der Waals surface area contributed by atoms with Crippen LogP contribution < -0.4 is 15.6 Å². The van der Waals surface area contributed by atoms with Gasteiger partial charge in [0.15, 0.2) is 0 Å². The van der Waals surface area contributed by atoms with Gasteiger partial charge in [-0.05, 0) is 52.3 Å². The maximum absolute atomic E-state index is 12.5. The number of amides is 1. The first-order chi connectivity index (χ1) is 14.2. The lowest BCUT2D eigenvalue weighted by atomic mass is 10.3.